The fourth-order valence-corrected chi connectivity index (χ4v) is 4.46. The molecule has 0 unspecified atom stereocenters. The van der Waals surface area contributed by atoms with Crippen molar-refractivity contribution in [2.24, 2.45) is 0 Å². The maximum Gasteiger partial charge on any atom is 0.183 e. The molecule has 0 aliphatic heterocycles. The summed E-state index contributed by atoms with van der Waals surface area (Å²) in [6.07, 6.45) is 6.27. The lowest BCUT2D eigenvalue weighted by molar-refractivity contribution is -0.539. The largest absolute Gasteiger partial charge is 0.303 e. The molecule has 106 valence electrons. The number of benzene rings is 1. The van der Waals surface area contributed by atoms with E-state index in [0.717, 1.165) is 18.4 Å². The minimum Gasteiger partial charge on any atom is -0.303 e. The first kappa shape index (κ1) is 13.6. The van der Waals surface area contributed by atoms with Gasteiger partial charge in [-0.3, -0.25) is 0 Å². The molecule has 4 nitrogen and oxygen atoms in total. The number of fused-ring (bicyclic) bond motifs is 1. The van der Waals surface area contributed by atoms with E-state index in [2.05, 4.69) is 4.83 Å². The van der Waals surface area contributed by atoms with Crippen molar-refractivity contribution in [3.63, 3.8) is 0 Å². The average Bonchev–Trinajstić information content (AvgIpc) is 2.80. The van der Waals surface area contributed by atoms with Crippen molar-refractivity contribution in [2.75, 3.05) is 0 Å². The van der Waals surface area contributed by atoms with E-state index in [1.165, 1.54) is 38.9 Å². The molecular formula is C14H16N2O2S2. The second-order valence-electron chi connectivity index (χ2n) is 5.05. The summed E-state index contributed by atoms with van der Waals surface area (Å²) < 4.78 is 26.0. The summed E-state index contributed by atoms with van der Waals surface area (Å²) in [5.41, 5.74) is 2.27. The van der Waals surface area contributed by atoms with Gasteiger partial charge < -0.3 is 4.83 Å². The zero-order chi connectivity index (χ0) is 14.2. The van der Waals surface area contributed by atoms with E-state index in [1.54, 1.807) is 24.3 Å². The first-order valence-electron chi connectivity index (χ1n) is 6.63. The number of hydrogen-bond donors (Lipinski definition) is 0. The Balaban J connectivity index is 1.86. The highest BCUT2D eigenvalue weighted by Gasteiger charge is 2.18. The molecule has 0 amide bonds. The second kappa shape index (κ2) is 5.18. The summed E-state index contributed by atoms with van der Waals surface area (Å²) in [5.74, 6) is 0. The molecular weight excluding hydrogens is 292 g/mol. The summed E-state index contributed by atoms with van der Waals surface area (Å²) in [4.78, 5) is 5.40. The van der Waals surface area contributed by atoms with E-state index in [4.69, 9.17) is 0 Å². The lowest BCUT2D eigenvalue weighted by atomic mass is 10.0. The van der Waals surface area contributed by atoms with Crippen LogP contribution in [0, 0.1) is 6.92 Å². The molecule has 2 aromatic rings. The third kappa shape index (κ3) is 2.71. The van der Waals surface area contributed by atoms with Crippen LogP contribution in [0.2, 0.25) is 0 Å². The number of aromatic nitrogens is 1. The van der Waals surface area contributed by atoms with Gasteiger partial charge in [-0.05, 0) is 44.7 Å². The molecule has 1 aliphatic carbocycles. The van der Waals surface area contributed by atoms with E-state index in [0.29, 0.717) is 0 Å². The Hall–Kier alpha value is -1.40. The van der Waals surface area contributed by atoms with Crippen LogP contribution in [-0.2, 0) is 22.9 Å². The number of aryl methyl sites for hydroxylation is 3. The summed E-state index contributed by atoms with van der Waals surface area (Å²) in [5, 5.41) is 0. The monoisotopic (exact) mass is 308 g/mol. The summed E-state index contributed by atoms with van der Waals surface area (Å²) in [7, 11) is -3.63. The van der Waals surface area contributed by atoms with Crippen LogP contribution in [0.1, 0.15) is 28.8 Å². The Kier molecular flexibility index (Phi) is 3.52. The zero-order valence-corrected chi connectivity index (χ0v) is 12.9. The van der Waals surface area contributed by atoms with E-state index >= 15 is 0 Å². The van der Waals surface area contributed by atoms with Crippen LogP contribution in [0.25, 0.3) is 4.83 Å². The van der Waals surface area contributed by atoms with Gasteiger partial charge in [-0.15, -0.1) is 0 Å². The Morgan fingerprint density at radius 2 is 1.85 bits per heavy atom. The van der Waals surface area contributed by atoms with Crippen LogP contribution in [0.3, 0.4) is 0 Å². The standard InChI is InChI=1S/C14H16N2O2S2/c1-11-6-8-13(9-7-11)20(17,18)15-16-10-12-4-2-3-5-14(12)19-16/h6-10H,2-5H2,1H3. The van der Waals surface area contributed by atoms with Gasteiger partial charge >= 0.3 is 0 Å². The molecule has 6 heteroatoms. The minimum absolute atomic E-state index is 0.238. The maximum absolute atomic E-state index is 12.2. The van der Waals surface area contributed by atoms with E-state index in [-0.39, 0.29) is 4.90 Å². The maximum atomic E-state index is 12.2. The van der Waals surface area contributed by atoms with Crippen molar-refractivity contribution >= 4 is 21.6 Å². The molecule has 0 saturated heterocycles. The lowest BCUT2D eigenvalue weighted by Crippen LogP contribution is -2.26. The van der Waals surface area contributed by atoms with Gasteiger partial charge in [-0.25, -0.2) is 8.42 Å². The van der Waals surface area contributed by atoms with E-state index in [9.17, 15) is 8.42 Å². The predicted octanol–water partition coefficient (Wildman–Crippen LogP) is 2.75. The molecule has 0 radical (unpaired) electrons. The number of sulfonamides is 1. The smallest absolute Gasteiger partial charge is 0.183 e. The highest BCUT2D eigenvalue weighted by atomic mass is 32.2. The first-order valence-corrected chi connectivity index (χ1v) is 8.85. The molecule has 1 aliphatic rings. The van der Waals surface area contributed by atoms with Gasteiger partial charge in [0.2, 0.25) is 0 Å². The van der Waals surface area contributed by atoms with Crippen molar-refractivity contribution in [3.05, 3.63) is 51.3 Å². The average molecular weight is 308 g/mol. The Morgan fingerprint density at radius 3 is 2.55 bits per heavy atom. The predicted molar refractivity (Wildman–Crippen MR) is 78.3 cm³/mol. The van der Waals surface area contributed by atoms with Gasteiger partial charge in [0.1, 0.15) is 11.5 Å². The van der Waals surface area contributed by atoms with Crippen molar-refractivity contribution in [2.45, 2.75) is 37.5 Å². The zero-order valence-electron chi connectivity index (χ0n) is 11.2. The third-order valence-corrected chi connectivity index (χ3v) is 5.86. The van der Waals surface area contributed by atoms with Crippen LogP contribution < -0.4 is 4.07 Å². The Bertz CT molecular complexity index is 695. The molecule has 20 heavy (non-hydrogen) atoms. The molecule has 0 saturated carbocycles. The number of rotatable bonds is 3. The van der Waals surface area contributed by atoms with Crippen molar-refractivity contribution in [1.29, 1.82) is 0 Å². The summed E-state index contributed by atoms with van der Waals surface area (Å²) in [6.45, 7) is 1.93. The van der Waals surface area contributed by atoms with Gasteiger partial charge in [-0.2, -0.15) is 4.07 Å². The van der Waals surface area contributed by atoms with Crippen LogP contribution in [0.4, 0.5) is 0 Å². The van der Waals surface area contributed by atoms with E-state index < -0.39 is 10.0 Å². The second-order valence-corrected chi connectivity index (χ2v) is 7.68. The molecule has 1 aromatic heterocycles. The van der Waals surface area contributed by atoms with Crippen LogP contribution in [-0.4, -0.2) is 8.42 Å². The number of hydrogen-bond acceptors (Lipinski definition) is 3. The Morgan fingerprint density at radius 1 is 1.15 bits per heavy atom. The molecule has 0 spiro atoms. The van der Waals surface area contributed by atoms with Crippen LogP contribution in [0.15, 0.2) is 35.4 Å². The lowest BCUT2D eigenvalue weighted by Gasteiger charge is -2.11. The Labute approximate surface area is 123 Å². The SMILES string of the molecule is Cc1ccc(S(=O)(=O)[N-][n+]2cc3c(s2)CCCC3)cc1. The van der Waals surface area contributed by atoms with Gasteiger partial charge in [0.05, 0.1) is 9.77 Å². The minimum atomic E-state index is -3.63. The van der Waals surface area contributed by atoms with Gasteiger partial charge in [0, 0.05) is 5.56 Å². The van der Waals surface area contributed by atoms with Gasteiger partial charge in [0.15, 0.2) is 16.2 Å². The van der Waals surface area contributed by atoms with Crippen LogP contribution in [0.5, 0.6) is 0 Å². The van der Waals surface area contributed by atoms with E-state index in [1.807, 2.05) is 13.1 Å². The third-order valence-electron chi connectivity index (χ3n) is 3.43. The molecule has 1 aromatic carbocycles. The van der Waals surface area contributed by atoms with Gasteiger partial charge in [0.25, 0.3) is 0 Å². The summed E-state index contributed by atoms with van der Waals surface area (Å²) in [6, 6.07) is 6.77. The normalized spacial score (nSPS) is 14.8. The highest BCUT2D eigenvalue weighted by molar-refractivity contribution is 7.93. The topological polar surface area (TPSA) is 52.1 Å². The molecule has 1 heterocycles. The van der Waals surface area contributed by atoms with Crippen molar-refractivity contribution in [3.8, 4) is 0 Å². The van der Waals surface area contributed by atoms with Crippen molar-refractivity contribution in [1.82, 2.24) is 0 Å². The molecule has 0 atom stereocenters. The first-order chi connectivity index (χ1) is 9.54. The van der Waals surface area contributed by atoms with Crippen molar-refractivity contribution < 1.29 is 12.5 Å². The number of nitrogens with zero attached hydrogens (tertiary/aromatic N) is 2. The fourth-order valence-electron chi connectivity index (χ4n) is 2.32. The quantitative estimate of drug-likeness (QED) is 0.819. The highest BCUT2D eigenvalue weighted by Crippen LogP contribution is 2.24. The van der Waals surface area contributed by atoms with Crippen LogP contribution >= 0.6 is 11.5 Å². The molecule has 0 bridgehead atoms. The molecule has 3 rings (SSSR count). The molecule has 0 N–H and O–H groups in total. The fraction of sp³-hybridized carbons (Fsp3) is 0.357. The molecule has 0 fully saturated rings. The van der Waals surface area contributed by atoms with Gasteiger partial charge in [-0.1, -0.05) is 17.7 Å². The summed E-state index contributed by atoms with van der Waals surface area (Å²) >= 11 is 1.43.